The normalized spacial score (nSPS) is 14.0. The molecule has 0 fully saturated rings. The van der Waals surface area contributed by atoms with E-state index in [0.29, 0.717) is 64.5 Å². The lowest BCUT2D eigenvalue weighted by atomic mass is 9.97. The zero-order valence-corrected chi connectivity index (χ0v) is 45.6. The average Bonchev–Trinajstić information content (AvgIpc) is 3.97. The van der Waals surface area contributed by atoms with Crippen molar-refractivity contribution in [1.82, 2.24) is 41.9 Å². The van der Waals surface area contributed by atoms with Gasteiger partial charge in [-0.1, -0.05) is 90.3 Å². The van der Waals surface area contributed by atoms with Crippen LogP contribution in [0.15, 0.2) is 60.9 Å². The number of H-pyrrole nitrogens is 2. The number of carbonyl (C=O) groups excluding carboxylic acids is 6. The Balaban J connectivity index is 1.32. The van der Waals surface area contributed by atoms with Crippen LogP contribution in [0, 0.1) is 11.8 Å². The summed E-state index contributed by atoms with van der Waals surface area (Å²) < 4.78 is 0. The SMILES string of the molecule is CCC[C@H](Cc1c[nH]c2ccccc12)NC(=O)CC[C@H](CCCCN)NC(=O)CC[C@@H](NC(=O)CC[C@H](Cc1c[nH]c2ccccc12)NC(=O)CC[C@H](CCCCN)NC(=O)CC[C@@H](NC(C)=O)C(C)C)C(C)C. The zero-order chi connectivity index (χ0) is 53.8. The molecule has 74 heavy (non-hydrogen) atoms. The van der Waals surface area contributed by atoms with Crippen LogP contribution in [0.2, 0.25) is 0 Å². The minimum absolute atomic E-state index is 0.00439. The molecule has 0 aliphatic carbocycles. The summed E-state index contributed by atoms with van der Waals surface area (Å²) in [6, 6.07) is 15.1. The minimum Gasteiger partial charge on any atom is -0.361 e. The fourth-order valence-corrected chi connectivity index (χ4v) is 9.95. The van der Waals surface area contributed by atoms with Crippen LogP contribution in [-0.4, -0.2) is 94.8 Å². The van der Waals surface area contributed by atoms with Gasteiger partial charge in [0.05, 0.1) is 0 Å². The Morgan fingerprint density at radius 1 is 0.459 bits per heavy atom. The Hall–Kier alpha value is -5.74. The number of hydrogen-bond acceptors (Lipinski definition) is 8. The molecule has 0 saturated carbocycles. The number of fused-ring (bicyclic) bond motifs is 2. The number of rotatable bonds is 37. The van der Waals surface area contributed by atoms with Crippen LogP contribution in [0.1, 0.15) is 168 Å². The third-order valence-electron chi connectivity index (χ3n) is 14.3. The Kier molecular flexibility index (Phi) is 27.3. The predicted octanol–water partition coefficient (Wildman–Crippen LogP) is 7.63. The van der Waals surface area contributed by atoms with Gasteiger partial charge in [0.2, 0.25) is 35.4 Å². The topological polar surface area (TPSA) is 258 Å². The van der Waals surface area contributed by atoms with E-state index in [1.807, 2.05) is 76.5 Å². The maximum absolute atomic E-state index is 13.7. The van der Waals surface area contributed by atoms with Gasteiger partial charge < -0.3 is 53.3 Å². The summed E-state index contributed by atoms with van der Waals surface area (Å²) in [5, 5.41) is 21.2. The molecule has 0 aliphatic heterocycles. The van der Waals surface area contributed by atoms with Crippen LogP contribution in [0.3, 0.4) is 0 Å². The first-order valence-corrected chi connectivity index (χ1v) is 27.8. The molecule has 12 N–H and O–H groups in total. The van der Waals surface area contributed by atoms with Gasteiger partial charge in [0, 0.05) is 109 Å². The number of nitrogens with one attached hydrogen (secondary N) is 8. The summed E-state index contributed by atoms with van der Waals surface area (Å²) in [5.41, 5.74) is 15.9. The van der Waals surface area contributed by atoms with Crippen LogP contribution < -0.4 is 43.4 Å². The van der Waals surface area contributed by atoms with Crippen LogP contribution in [0.25, 0.3) is 21.8 Å². The summed E-state index contributed by atoms with van der Waals surface area (Å²) in [4.78, 5) is 85.9. The second-order valence-electron chi connectivity index (χ2n) is 21.2. The highest BCUT2D eigenvalue weighted by atomic mass is 16.2. The van der Waals surface area contributed by atoms with Crippen molar-refractivity contribution >= 4 is 57.2 Å². The summed E-state index contributed by atoms with van der Waals surface area (Å²) in [7, 11) is 0. The molecule has 0 saturated heterocycles. The molecule has 2 aromatic carbocycles. The molecule has 2 heterocycles. The van der Waals surface area contributed by atoms with Gasteiger partial charge in [-0.2, -0.15) is 0 Å². The molecule has 0 unspecified atom stereocenters. The molecule has 4 aromatic rings. The maximum atomic E-state index is 13.7. The zero-order valence-electron chi connectivity index (χ0n) is 45.6. The van der Waals surface area contributed by atoms with Crippen LogP contribution in [0.4, 0.5) is 0 Å². The monoisotopic (exact) mass is 1020 g/mol. The molecule has 0 aliphatic rings. The fraction of sp³-hybridized carbons (Fsp3) is 0.621. The van der Waals surface area contributed by atoms with Gasteiger partial charge in [0.1, 0.15) is 0 Å². The molecule has 6 amide bonds. The molecule has 0 radical (unpaired) electrons. The Labute approximate surface area is 441 Å². The molecule has 16 heteroatoms. The van der Waals surface area contributed by atoms with E-state index >= 15 is 0 Å². The fourth-order valence-electron chi connectivity index (χ4n) is 9.95. The number of para-hydroxylation sites is 2. The first-order chi connectivity index (χ1) is 35.6. The maximum Gasteiger partial charge on any atom is 0.220 e. The largest absolute Gasteiger partial charge is 0.361 e. The summed E-state index contributed by atoms with van der Waals surface area (Å²) >= 11 is 0. The van der Waals surface area contributed by atoms with Crippen molar-refractivity contribution in [2.75, 3.05) is 13.1 Å². The first-order valence-electron chi connectivity index (χ1n) is 27.8. The second-order valence-corrected chi connectivity index (χ2v) is 21.2. The standard InChI is InChI=1S/C58H92N10O6/c1-7-16-46(35-42-37-61-52-21-10-8-19-48(42)52)66-54(70)28-23-44(17-12-14-33-59)65-57(73)32-27-51(40(4)5)68-58(74)30-25-47(36-43-38-62-53-22-11-9-20-49(43)53)67-55(71)29-24-45(18-13-15-34-60)64-56(72)31-26-50(39(2)3)63-41(6)69/h8-11,19-22,37-40,44-47,50-51,61-62H,7,12-18,23-36,59-60H2,1-6H3,(H,63,69)(H,64,72)(H,65,73)(H,66,70)(H,67,71)(H,68,74)/t44-,45-,46+,47+,50+,51+/m0/s1. The van der Waals surface area contributed by atoms with E-state index in [-0.39, 0.29) is 109 Å². The van der Waals surface area contributed by atoms with E-state index in [4.69, 9.17) is 11.5 Å². The molecule has 16 nitrogen and oxygen atoms in total. The van der Waals surface area contributed by atoms with E-state index in [9.17, 15) is 28.8 Å². The smallest absolute Gasteiger partial charge is 0.220 e. The number of unbranched alkanes of at least 4 members (excludes halogenated alkanes) is 2. The molecule has 410 valence electrons. The van der Waals surface area contributed by atoms with Crippen molar-refractivity contribution < 1.29 is 28.8 Å². The lowest BCUT2D eigenvalue weighted by Gasteiger charge is -2.25. The van der Waals surface area contributed by atoms with Crippen molar-refractivity contribution in [2.24, 2.45) is 23.3 Å². The molecular weight excluding hydrogens is 933 g/mol. The molecule has 6 atom stereocenters. The number of amides is 6. The number of benzene rings is 2. The summed E-state index contributed by atoms with van der Waals surface area (Å²) in [6.07, 6.45) is 15.2. The molecular formula is C58H92N10O6. The van der Waals surface area contributed by atoms with Gasteiger partial charge in [-0.25, -0.2) is 0 Å². The van der Waals surface area contributed by atoms with Crippen molar-refractivity contribution in [2.45, 2.75) is 206 Å². The van der Waals surface area contributed by atoms with E-state index in [1.54, 1.807) is 0 Å². The quantitative estimate of drug-likeness (QED) is 0.0200. The van der Waals surface area contributed by atoms with Crippen molar-refractivity contribution in [3.8, 4) is 0 Å². The lowest BCUT2D eigenvalue weighted by Crippen LogP contribution is -2.42. The van der Waals surface area contributed by atoms with Gasteiger partial charge in [-0.05, 0) is 125 Å². The van der Waals surface area contributed by atoms with Crippen molar-refractivity contribution in [3.63, 3.8) is 0 Å². The molecule has 4 rings (SSSR count). The highest BCUT2D eigenvalue weighted by Gasteiger charge is 2.24. The van der Waals surface area contributed by atoms with Crippen LogP contribution >= 0.6 is 0 Å². The third kappa shape index (κ3) is 22.4. The van der Waals surface area contributed by atoms with Gasteiger partial charge in [0.15, 0.2) is 0 Å². The van der Waals surface area contributed by atoms with E-state index in [0.717, 1.165) is 73.3 Å². The van der Waals surface area contributed by atoms with Crippen molar-refractivity contribution in [3.05, 3.63) is 72.1 Å². The molecule has 0 bridgehead atoms. The van der Waals surface area contributed by atoms with E-state index in [1.165, 1.54) is 17.9 Å². The molecule has 2 aromatic heterocycles. The number of carbonyl (C=O) groups is 6. The molecule has 0 spiro atoms. The summed E-state index contributed by atoms with van der Waals surface area (Å²) in [5.74, 6) is -0.453. The Bertz CT molecular complexity index is 2320. The van der Waals surface area contributed by atoms with Crippen molar-refractivity contribution in [1.29, 1.82) is 0 Å². The van der Waals surface area contributed by atoms with Gasteiger partial charge in [0.25, 0.3) is 0 Å². The van der Waals surface area contributed by atoms with Gasteiger partial charge in [-0.15, -0.1) is 0 Å². The first kappa shape index (κ1) is 60.8. The third-order valence-corrected chi connectivity index (χ3v) is 14.3. The number of aromatic nitrogens is 2. The second kappa shape index (κ2) is 33.2. The van der Waals surface area contributed by atoms with Crippen LogP contribution in [-0.2, 0) is 41.6 Å². The van der Waals surface area contributed by atoms with Gasteiger partial charge in [-0.3, -0.25) is 28.8 Å². The lowest BCUT2D eigenvalue weighted by molar-refractivity contribution is -0.125. The highest BCUT2D eigenvalue weighted by molar-refractivity contribution is 5.85. The van der Waals surface area contributed by atoms with E-state index < -0.39 is 0 Å². The van der Waals surface area contributed by atoms with E-state index in [2.05, 4.69) is 60.9 Å². The highest BCUT2D eigenvalue weighted by Crippen LogP contribution is 2.23. The number of aromatic amines is 2. The average molecular weight is 1030 g/mol. The van der Waals surface area contributed by atoms with Gasteiger partial charge >= 0.3 is 0 Å². The number of nitrogens with two attached hydrogens (primary N) is 2. The van der Waals surface area contributed by atoms with Crippen LogP contribution in [0.5, 0.6) is 0 Å². The minimum atomic E-state index is -0.349. The Morgan fingerprint density at radius 3 is 1.23 bits per heavy atom. The summed E-state index contributed by atoms with van der Waals surface area (Å²) in [6.45, 7) is 12.8. The predicted molar refractivity (Wildman–Crippen MR) is 298 cm³/mol. The Morgan fingerprint density at radius 2 is 0.824 bits per heavy atom. The number of hydrogen-bond donors (Lipinski definition) is 10.